The van der Waals surface area contributed by atoms with Crippen LogP contribution < -0.4 is 4.72 Å². The molecule has 0 aliphatic rings. The van der Waals surface area contributed by atoms with Crippen molar-refractivity contribution in [1.29, 1.82) is 0 Å². The molecule has 0 amide bonds. The van der Waals surface area contributed by atoms with E-state index in [1.807, 2.05) is 11.5 Å². The molecule has 0 aliphatic heterocycles. The number of hydrogen-bond acceptors (Lipinski definition) is 5. The number of anilines is 1. The Morgan fingerprint density at radius 3 is 2.75 bits per heavy atom. The molecule has 3 rings (SSSR count). The monoisotopic (exact) mass is 346 g/mol. The van der Waals surface area contributed by atoms with E-state index < -0.39 is 14.9 Å². The molecule has 8 nitrogen and oxygen atoms in total. The van der Waals surface area contributed by atoms with E-state index in [9.17, 15) is 18.5 Å². The number of sulfonamides is 1. The van der Waals surface area contributed by atoms with Gasteiger partial charge in [-0.2, -0.15) is 0 Å². The fourth-order valence-electron chi connectivity index (χ4n) is 2.36. The van der Waals surface area contributed by atoms with Gasteiger partial charge in [-0.25, -0.2) is 13.4 Å². The molecule has 0 bridgehead atoms. The topological polar surface area (TPSA) is 107 Å². The summed E-state index contributed by atoms with van der Waals surface area (Å²) in [6.45, 7) is 2.75. The van der Waals surface area contributed by atoms with Gasteiger partial charge in [-0.1, -0.05) is 6.07 Å². The van der Waals surface area contributed by atoms with Gasteiger partial charge >= 0.3 is 0 Å². The lowest BCUT2D eigenvalue weighted by molar-refractivity contribution is -0.385. The summed E-state index contributed by atoms with van der Waals surface area (Å²) in [5, 5.41) is 10.8. The third-order valence-electron chi connectivity index (χ3n) is 3.55. The predicted molar refractivity (Wildman–Crippen MR) is 89.3 cm³/mol. The van der Waals surface area contributed by atoms with E-state index in [1.54, 1.807) is 24.5 Å². The number of aromatic nitrogens is 2. The van der Waals surface area contributed by atoms with E-state index in [4.69, 9.17) is 0 Å². The van der Waals surface area contributed by atoms with Crippen molar-refractivity contribution >= 4 is 32.4 Å². The highest BCUT2D eigenvalue weighted by atomic mass is 32.2. The van der Waals surface area contributed by atoms with Crippen LogP contribution in [0.2, 0.25) is 0 Å². The van der Waals surface area contributed by atoms with Gasteiger partial charge in [0.2, 0.25) is 0 Å². The number of benzene rings is 2. The van der Waals surface area contributed by atoms with E-state index in [0.29, 0.717) is 11.2 Å². The van der Waals surface area contributed by atoms with Crippen molar-refractivity contribution in [3.63, 3.8) is 0 Å². The molecule has 0 spiro atoms. The highest BCUT2D eigenvalue weighted by Gasteiger charge is 2.18. The Hall–Kier alpha value is -2.94. The van der Waals surface area contributed by atoms with Crippen LogP contribution in [0.1, 0.15) is 6.92 Å². The van der Waals surface area contributed by atoms with E-state index in [0.717, 1.165) is 18.1 Å². The van der Waals surface area contributed by atoms with Crippen molar-refractivity contribution in [1.82, 2.24) is 9.55 Å². The summed E-state index contributed by atoms with van der Waals surface area (Å²) >= 11 is 0. The van der Waals surface area contributed by atoms with Crippen molar-refractivity contribution in [3.05, 3.63) is 58.9 Å². The number of nitro groups is 1. The van der Waals surface area contributed by atoms with Gasteiger partial charge in [-0.3, -0.25) is 14.8 Å². The zero-order chi connectivity index (χ0) is 17.3. The average Bonchev–Trinajstić information content (AvgIpc) is 2.97. The maximum Gasteiger partial charge on any atom is 0.270 e. The number of rotatable bonds is 5. The van der Waals surface area contributed by atoms with Gasteiger partial charge in [0, 0.05) is 18.7 Å². The van der Waals surface area contributed by atoms with E-state index in [-0.39, 0.29) is 10.6 Å². The number of aryl methyl sites for hydroxylation is 1. The van der Waals surface area contributed by atoms with Crippen LogP contribution in [0, 0.1) is 10.1 Å². The lowest BCUT2D eigenvalue weighted by Gasteiger charge is -2.08. The van der Waals surface area contributed by atoms with Gasteiger partial charge in [-0.05, 0) is 31.2 Å². The number of fused-ring (bicyclic) bond motifs is 1. The van der Waals surface area contributed by atoms with Crippen molar-refractivity contribution in [3.8, 4) is 0 Å². The number of hydrogen-bond donors (Lipinski definition) is 1. The smallest absolute Gasteiger partial charge is 0.270 e. The SMILES string of the molecule is CCn1cnc2cc(NS(=O)(=O)c3cccc([N+](=O)[O-])c3)ccc21. The van der Waals surface area contributed by atoms with Crippen molar-refractivity contribution < 1.29 is 13.3 Å². The maximum atomic E-state index is 12.4. The van der Waals surface area contributed by atoms with Crippen LogP contribution in [0.25, 0.3) is 11.0 Å². The lowest BCUT2D eigenvalue weighted by Crippen LogP contribution is -2.13. The van der Waals surface area contributed by atoms with Gasteiger partial charge in [0.1, 0.15) is 0 Å². The summed E-state index contributed by atoms with van der Waals surface area (Å²) in [6, 6.07) is 9.92. The van der Waals surface area contributed by atoms with Crippen molar-refractivity contribution in [2.24, 2.45) is 0 Å². The Kier molecular flexibility index (Phi) is 3.94. The molecule has 124 valence electrons. The van der Waals surface area contributed by atoms with Crippen LogP contribution in [0.4, 0.5) is 11.4 Å². The van der Waals surface area contributed by atoms with Crippen molar-refractivity contribution in [2.45, 2.75) is 18.4 Å². The Morgan fingerprint density at radius 1 is 1.25 bits per heavy atom. The first-order valence-corrected chi connectivity index (χ1v) is 8.61. The summed E-state index contributed by atoms with van der Waals surface area (Å²) in [4.78, 5) is 14.2. The largest absolute Gasteiger partial charge is 0.331 e. The molecular weight excluding hydrogens is 332 g/mol. The van der Waals surface area contributed by atoms with Gasteiger partial charge in [0.15, 0.2) is 0 Å². The van der Waals surface area contributed by atoms with E-state index >= 15 is 0 Å². The van der Waals surface area contributed by atoms with E-state index in [1.165, 1.54) is 18.2 Å². The first-order valence-electron chi connectivity index (χ1n) is 7.13. The van der Waals surface area contributed by atoms with Crippen molar-refractivity contribution in [2.75, 3.05) is 4.72 Å². The highest BCUT2D eigenvalue weighted by molar-refractivity contribution is 7.92. The van der Waals surface area contributed by atoms with Gasteiger partial charge < -0.3 is 4.57 Å². The molecule has 0 saturated carbocycles. The molecule has 0 saturated heterocycles. The number of nitro benzene ring substituents is 1. The minimum absolute atomic E-state index is 0.170. The highest BCUT2D eigenvalue weighted by Crippen LogP contribution is 2.23. The molecule has 0 aliphatic carbocycles. The van der Waals surface area contributed by atoms with Crippen LogP contribution in [-0.2, 0) is 16.6 Å². The molecule has 2 aromatic carbocycles. The molecule has 0 radical (unpaired) electrons. The fourth-order valence-corrected chi connectivity index (χ4v) is 3.45. The summed E-state index contributed by atoms with van der Waals surface area (Å²) in [6.07, 6.45) is 1.68. The lowest BCUT2D eigenvalue weighted by atomic mass is 10.3. The third kappa shape index (κ3) is 2.93. The van der Waals surface area contributed by atoms with Crippen LogP contribution in [0.5, 0.6) is 0 Å². The quantitative estimate of drug-likeness (QED) is 0.564. The molecule has 1 aromatic heterocycles. The molecule has 9 heteroatoms. The Labute approximate surface area is 138 Å². The fraction of sp³-hybridized carbons (Fsp3) is 0.133. The van der Waals surface area contributed by atoms with Crippen LogP contribution >= 0.6 is 0 Å². The molecule has 3 aromatic rings. The second-order valence-electron chi connectivity index (χ2n) is 5.09. The number of nitrogens with one attached hydrogen (secondary N) is 1. The Balaban J connectivity index is 1.94. The standard InChI is InChI=1S/C15H14N4O4S/c1-2-18-10-16-14-8-11(6-7-15(14)18)17-24(22,23)13-5-3-4-12(9-13)19(20)21/h3-10,17H,2H2,1H3. The van der Waals surface area contributed by atoms with Gasteiger partial charge in [-0.15, -0.1) is 0 Å². The number of non-ortho nitro benzene ring substituents is 1. The first-order chi connectivity index (χ1) is 11.4. The zero-order valence-corrected chi connectivity index (χ0v) is 13.5. The minimum Gasteiger partial charge on any atom is -0.331 e. The van der Waals surface area contributed by atoms with Crippen LogP contribution in [0.3, 0.4) is 0 Å². The molecule has 0 fully saturated rings. The molecule has 1 heterocycles. The average molecular weight is 346 g/mol. The minimum atomic E-state index is -3.93. The van der Waals surface area contributed by atoms with Gasteiger partial charge in [0.05, 0.1) is 32.9 Å². The molecule has 1 N–H and O–H groups in total. The summed E-state index contributed by atoms with van der Waals surface area (Å²) in [5.41, 5.74) is 1.62. The molecular formula is C15H14N4O4S. The third-order valence-corrected chi connectivity index (χ3v) is 4.93. The number of nitrogens with zero attached hydrogens (tertiary/aromatic N) is 3. The summed E-state index contributed by atoms with van der Waals surface area (Å²) < 4.78 is 29.2. The molecule has 0 atom stereocenters. The summed E-state index contributed by atoms with van der Waals surface area (Å²) in [5.74, 6) is 0. The Morgan fingerprint density at radius 2 is 2.04 bits per heavy atom. The predicted octanol–water partition coefficient (Wildman–Crippen LogP) is 2.77. The number of imidazole rings is 1. The second-order valence-corrected chi connectivity index (χ2v) is 6.78. The molecule has 0 unspecified atom stereocenters. The van der Waals surface area contributed by atoms with E-state index in [2.05, 4.69) is 9.71 Å². The second kappa shape index (κ2) is 5.93. The van der Waals surface area contributed by atoms with Crippen LogP contribution in [-0.4, -0.2) is 22.9 Å². The maximum absolute atomic E-state index is 12.4. The van der Waals surface area contributed by atoms with Crippen LogP contribution in [0.15, 0.2) is 53.7 Å². The summed E-state index contributed by atoms with van der Waals surface area (Å²) in [7, 11) is -3.93. The Bertz CT molecular complexity index is 1030. The molecule has 24 heavy (non-hydrogen) atoms. The van der Waals surface area contributed by atoms with Gasteiger partial charge in [0.25, 0.3) is 15.7 Å². The zero-order valence-electron chi connectivity index (χ0n) is 12.7. The first kappa shape index (κ1) is 15.9. The normalized spacial score (nSPS) is 11.5.